The molecule has 0 bridgehead atoms. The summed E-state index contributed by atoms with van der Waals surface area (Å²) in [6.07, 6.45) is 12.9. The molecule has 0 unspecified atom stereocenters. The van der Waals surface area contributed by atoms with E-state index in [1.54, 1.807) is 0 Å². The van der Waals surface area contributed by atoms with E-state index < -0.39 is 5.97 Å². The van der Waals surface area contributed by atoms with Gasteiger partial charge in [-0.2, -0.15) is 0 Å². The van der Waals surface area contributed by atoms with Gasteiger partial charge in [0.1, 0.15) is 5.70 Å². The van der Waals surface area contributed by atoms with Crippen LogP contribution in [-0.2, 0) is 4.79 Å². The van der Waals surface area contributed by atoms with E-state index in [4.69, 9.17) is 0 Å². The van der Waals surface area contributed by atoms with Gasteiger partial charge in [-0.25, -0.2) is 4.79 Å². The van der Waals surface area contributed by atoms with Gasteiger partial charge < -0.3 is 19.8 Å². The molecule has 0 spiro atoms. The molecule has 1 N–H and O–H groups in total. The summed E-state index contributed by atoms with van der Waals surface area (Å²) in [6.45, 7) is 12.6. The van der Waals surface area contributed by atoms with Crippen LogP contribution in [0.15, 0.2) is 47.5 Å². The first-order valence-corrected chi connectivity index (χ1v) is 10.7. The highest BCUT2D eigenvalue weighted by Crippen LogP contribution is 2.32. The van der Waals surface area contributed by atoms with Gasteiger partial charge in [-0.1, -0.05) is 39.0 Å². The number of hydrogen-bond donors (Lipinski definition) is 1. The van der Waals surface area contributed by atoms with Crippen LogP contribution >= 0.6 is 0 Å². The van der Waals surface area contributed by atoms with E-state index in [9.17, 15) is 9.90 Å². The average molecular weight is 388 g/mol. The van der Waals surface area contributed by atoms with Crippen molar-refractivity contribution in [1.82, 2.24) is 14.7 Å². The Morgan fingerprint density at radius 2 is 2.04 bits per heavy atom. The van der Waals surface area contributed by atoms with Crippen molar-refractivity contribution in [2.45, 2.75) is 52.4 Å². The van der Waals surface area contributed by atoms with Crippen molar-refractivity contribution >= 4 is 5.97 Å². The number of hydrogen-bond acceptors (Lipinski definition) is 4. The molecule has 5 heteroatoms. The van der Waals surface area contributed by atoms with Crippen LogP contribution in [-0.4, -0.2) is 65.5 Å². The Bertz CT molecular complexity index is 642. The van der Waals surface area contributed by atoms with Gasteiger partial charge in [0.05, 0.1) is 6.54 Å². The molecule has 28 heavy (non-hydrogen) atoms. The minimum absolute atomic E-state index is 0.385. The van der Waals surface area contributed by atoms with Crippen LogP contribution in [0.4, 0.5) is 0 Å². The summed E-state index contributed by atoms with van der Waals surface area (Å²) in [4.78, 5) is 18.3. The van der Waals surface area contributed by atoms with Crippen molar-refractivity contribution in [2.24, 2.45) is 0 Å². The molecule has 1 aliphatic carbocycles. The lowest BCUT2D eigenvalue weighted by atomic mass is 9.89. The van der Waals surface area contributed by atoms with Crippen molar-refractivity contribution < 1.29 is 9.90 Å². The van der Waals surface area contributed by atoms with Crippen LogP contribution in [0.3, 0.4) is 0 Å². The van der Waals surface area contributed by atoms with E-state index in [1.165, 1.54) is 30.5 Å². The highest BCUT2D eigenvalue weighted by molar-refractivity contribution is 5.86. The fourth-order valence-corrected chi connectivity index (χ4v) is 3.55. The minimum Gasteiger partial charge on any atom is -0.477 e. The van der Waals surface area contributed by atoms with Crippen molar-refractivity contribution in [1.29, 1.82) is 0 Å². The Balaban J connectivity index is 2.08. The van der Waals surface area contributed by atoms with E-state index in [2.05, 4.69) is 49.4 Å². The summed E-state index contributed by atoms with van der Waals surface area (Å²) in [5, 5.41) is 9.65. The third-order valence-corrected chi connectivity index (χ3v) is 5.65. The van der Waals surface area contributed by atoms with E-state index in [0.29, 0.717) is 18.8 Å². The second-order valence-corrected chi connectivity index (χ2v) is 7.78. The van der Waals surface area contributed by atoms with Crippen molar-refractivity contribution in [3.05, 3.63) is 47.5 Å². The molecule has 0 amide bonds. The number of aliphatic carboxylic acids is 1. The molecule has 0 aromatic rings. The molecule has 1 heterocycles. The lowest BCUT2D eigenvalue weighted by Crippen LogP contribution is -2.44. The Hall–Kier alpha value is -2.01. The number of carbonyl (C=O) groups is 1. The summed E-state index contributed by atoms with van der Waals surface area (Å²) in [6, 6.07) is 0. The van der Waals surface area contributed by atoms with Gasteiger partial charge in [0, 0.05) is 31.0 Å². The molecule has 156 valence electrons. The van der Waals surface area contributed by atoms with Crippen molar-refractivity contribution in [2.75, 3.05) is 39.8 Å². The highest BCUT2D eigenvalue weighted by atomic mass is 16.4. The molecule has 5 nitrogen and oxygen atoms in total. The first-order chi connectivity index (χ1) is 13.5. The summed E-state index contributed by atoms with van der Waals surface area (Å²) in [5.74, 6) is -0.856. The molecule has 1 saturated carbocycles. The first-order valence-electron chi connectivity index (χ1n) is 10.7. The average Bonchev–Trinajstić information content (AvgIpc) is 2.63. The van der Waals surface area contributed by atoms with E-state index >= 15 is 0 Å². The van der Waals surface area contributed by atoms with Crippen LogP contribution in [0, 0.1) is 0 Å². The summed E-state index contributed by atoms with van der Waals surface area (Å²) < 4.78 is 0. The Labute approximate surface area is 170 Å². The van der Waals surface area contributed by atoms with Gasteiger partial charge in [0.2, 0.25) is 0 Å². The maximum atomic E-state index is 11.8. The standard InChI is InChI=1S/C23H37N3O2/c1-5-7-8-13-22(23(27)28)26-17-16-25(18-19(26)3)21(20-11-9-12-20)14-10-15-24(4)6-2/h10,13-14H,3,5-9,11-12,15-18H2,1-2,4H3,(H,27,28)/b14-10+,22-13-. The molecule has 1 saturated heterocycles. The quantitative estimate of drug-likeness (QED) is 0.449. The third kappa shape index (κ3) is 5.99. The van der Waals surface area contributed by atoms with Crippen LogP contribution in [0.25, 0.3) is 0 Å². The van der Waals surface area contributed by atoms with E-state index in [1.807, 2.05) is 11.0 Å². The summed E-state index contributed by atoms with van der Waals surface area (Å²) in [5.41, 5.74) is 4.10. The van der Waals surface area contributed by atoms with Gasteiger partial charge in [-0.15, -0.1) is 0 Å². The second kappa shape index (κ2) is 11.1. The Morgan fingerprint density at radius 3 is 2.57 bits per heavy atom. The summed E-state index contributed by atoms with van der Waals surface area (Å²) in [7, 11) is 2.12. The fraction of sp³-hybridized carbons (Fsp3) is 0.609. The topological polar surface area (TPSA) is 47.0 Å². The molecule has 2 aliphatic rings. The molecular weight excluding hydrogens is 350 g/mol. The number of unbranched alkanes of at least 4 members (excludes halogenated alkanes) is 2. The monoisotopic (exact) mass is 387 g/mol. The maximum Gasteiger partial charge on any atom is 0.352 e. The number of allylic oxidation sites excluding steroid dienone is 3. The van der Waals surface area contributed by atoms with Gasteiger partial charge in [0.15, 0.2) is 0 Å². The largest absolute Gasteiger partial charge is 0.477 e. The Morgan fingerprint density at radius 1 is 1.29 bits per heavy atom. The molecule has 0 atom stereocenters. The first kappa shape index (κ1) is 22.3. The molecule has 1 aliphatic heterocycles. The van der Waals surface area contributed by atoms with Crippen LogP contribution < -0.4 is 0 Å². The Kier molecular flexibility index (Phi) is 8.84. The van der Waals surface area contributed by atoms with Gasteiger partial charge in [-0.05, 0) is 57.3 Å². The second-order valence-electron chi connectivity index (χ2n) is 7.78. The van der Waals surface area contributed by atoms with Crippen molar-refractivity contribution in [3.8, 4) is 0 Å². The number of likely N-dealkylation sites (N-methyl/N-ethyl adjacent to an activating group) is 1. The lowest BCUT2D eigenvalue weighted by Gasteiger charge is -2.41. The number of piperazine rings is 1. The minimum atomic E-state index is -0.856. The molecule has 2 fully saturated rings. The normalized spacial score (nSPS) is 18.2. The molecule has 0 aromatic carbocycles. The van der Waals surface area contributed by atoms with E-state index in [-0.39, 0.29) is 0 Å². The smallest absolute Gasteiger partial charge is 0.352 e. The SMILES string of the molecule is C=C1CN(C(/C=C/CN(C)CC)=C2CCC2)CCN1/C(=C\CCCC)C(=O)O. The van der Waals surface area contributed by atoms with E-state index in [0.717, 1.165) is 44.6 Å². The molecule has 0 aromatic heterocycles. The molecule has 0 radical (unpaired) electrons. The number of carboxylic acids is 1. The predicted molar refractivity (Wildman–Crippen MR) is 116 cm³/mol. The predicted octanol–water partition coefficient (Wildman–Crippen LogP) is 4.22. The van der Waals surface area contributed by atoms with Crippen LogP contribution in [0.5, 0.6) is 0 Å². The van der Waals surface area contributed by atoms with Gasteiger partial charge in [0.25, 0.3) is 0 Å². The number of carboxylic acid groups (broad SMARTS) is 1. The van der Waals surface area contributed by atoms with Crippen molar-refractivity contribution in [3.63, 3.8) is 0 Å². The van der Waals surface area contributed by atoms with Gasteiger partial charge >= 0.3 is 5.97 Å². The zero-order valence-corrected chi connectivity index (χ0v) is 17.9. The van der Waals surface area contributed by atoms with Crippen LogP contribution in [0.2, 0.25) is 0 Å². The fourth-order valence-electron chi connectivity index (χ4n) is 3.55. The third-order valence-electron chi connectivity index (χ3n) is 5.65. The highest BCUT2D eigenvalue weighted by Gasteiger charge is 2.27. The number of rotatable bonds is 10. The number of nitrogens with zero attached hydrogens (tertiary/aromatic N) is 3. The zero-order chi connectivity index (χ0) is 20.5. The molecule has 2 rings (SSSR count). The maximum absolute atomic E-state index is 11.8. The molecular formula is C23H37N3O2. The van der Waals surface area contributed by atoms with Gasteiger partial charge in [-0.3, -0.25) is 0 Å². The summed E-state index contributed by atoms with van der Waals surface area (Å²) >= 11 is 0. The van der Waals surface area contributed by atoms with Crippen LogP contribution in [0.1, 0.15) is 52.4 Å². The zero-order valence-electron chi connectivity index (χ0n) is 17.9. The lowest BCUT2D eigenvalue weighted by molar-refractivity contribution is -0.134.